The number of primary amides is 1. The normalized spacial score (nSPS) is 11.2. The van der Waals surface area contributed by atoms with Crippen molar-refractivity contribution in [3.63, 3.8) is 0 Å². The Balaban J connectivity index is 3.29. The van der Waals surface area contributed by atoms with E-state index in [4.69, 9.17) is 10.9 Å². The molecule has 1 heterocycles. The second kappa shape index (κ2) is 3.11. The molecule has 1 aromatic heterocycles. The molecule has 0 fully saturated rings. The van der Waals surface area contributed by atoms with Gasteiger partial charge in [-0.05, 0) is 12.1 Å². The maximum atomic E-state index is 10.8. The highest BCUT2D eigenvalue weighted by Gasteiger charge is 2.11. The van der Waals surface area contributed by atoms with Crippen LogP contribution in [0.15, 0.2) is 17.2 Å². The zero-order valence-corrected chi connectivity index (χ0v) is 7.21. The van der Waals surface area contributed by atoms with E-state index in [9.17, 15) is 13.2 Å². The third-order valence-electron chi connectivity index (χ3n) is 1.19. The van der Waals surface area contributed by atoms with Crippen LogP contribution in [0.1, 0.15) is 10.5 Å². The van der Waals surface area contributed by atoms with E-state index in [-0.39, 0.29) is 5.69 Å². The van der Waals surface area contributed by atoms with E-state index in [0.29, 0.717) is 0 Å². The van der Waals surface area contributed by atoms with Gasteiger partial charge in [-0.25, -0.2) is 18.5 Å². The van der Waals surface area contributed by atoms with Gasteiger partial charge in [-0.1, -0.05) is 0 Å². The van der Waals surface area contributed by atoms with E-state index in [0.717, 1.165) is 6.07 Å². The number of pyridine rings is 1. The van der Waals surface area contributed by atoms with Crippen LogP contribution in [0, 0.1) is 6.07 Å². The van der Waals surface area contributed by atoms with Crippen molar-refractivity contribution in [3.05, 3.63) is 23.9 Å². The van der Waals surface area contributed by atoms with Gasteiger partial charge in [0, 0.05) is 6.07 Å². The minimum absolute atomic E-state index is 0.258. The minimum atomic E-state index is -3.90. The molecule has 0 saturated heterocycles. The summed E-state index contributed by atoms with van der Waals surface area (Å²) >= 11 is 0. The van der Waals surface area contributed by atoms with E-state index in [1.54, 1.807) is 0 Å². The van der Waals surface area contributed by atoms with Gasteiger partial charge in [0.05, 0.1) is 0 Å². The molecule has 4 N–H and O–H groups in total. The topological polar surface area (TPSA) is 116 Å². The summed E-state index contributed by atoms with van der Waals surface area (Å²) < 4.78 is 21.5. The van der Waals surface area contributed by atoms with Crippen LogP contribution >= 0.6 is 0 Å². The monoisotopic (exact) mass is 200 g/mol. The summed E-state index contributed by atoms with van der Waals surface area (Å²) in [5.74, 6) is -0.856. The Morgan fingerprint density at radius 2 is 2.15 bits per heavy atom. The number of amides is 1. The molecule has 0 aliphatic heterocycles. The predicted molar refractivity (Wildman–Crippen MR) is 43.0 cm³/mol. The molecule has 0 unspecified atom stereocenters. The van der Waals surface area contributed by atoms with E-state index in [2.05, 4.69) is 11.1 Å². The van der Waals surface area contributed by atoms with Crippen LogP contribution in [0.25, 0.3) is 0 Å². The average molecular weight is 200 g/mol. The van der Waals surface area contributed by atoms with Crippen molar-refractivity contribution in [1.29, 1.82) is 0 Å². The molecule has 0 saturated carbocycles. The Kier molecular flexibility index (Phi) is 2.30. The van der Waals surface area contributed by atoms with Gasteiger partial charge in [0.15, 0.2) is 5.03 Å². The number of nitrogens with two attached hydrogens (primary N) is 2. The fraction of sp³-hybridized carbons (Fsp3) is 0. The molecule has 6 nitrogen and oxygen atoms in total. The van der Waals surface area contributed by atoms with Crippen LogP contribution < -0.4 is 10.9 Å². The zero-order valence-electron chi connectivity index (χ0n) is 6.39. The summed E-state index contributed by atoms with van der Waals surface area (Å²) in [5.41, 5.74) is 4.60. The molecule has 1 amide bonds. The van der Waals surface area contributed by atoms with Gasteiger partial charge in [-0.15, -0.1) is 0 Å². The summed E-state index contributed by atoms with van der Waals surface area (Å²) in [6, 6.07) is 4.72. The number of hydrogen-bond donors (Lipinski definition) is 2. The van der Waals surface area contributed by atoms with Gasteiger partial charge in [0.25, 0.3) is 15.9 Å². The summed E-state index contributed by atoms with van der Waals surface area (Å²) in [7, 11) is -3.90. The van der Waals surface area contributed by atoms with Gasteiger partial charge in [0.1, 0.15) is 5.69 Å². The van der Waals surface area contributed by atoms with Crippen molar-refractivity contribution in [2.24, 2.45) is 10.9 Å². The molecular weight excluding hydrogens is 194 g/mol. The van der Waals surface area contributed by atoms with Crippen LogP contribution in [0.5, 0.6) is 0 Å². The Hall–Kier alpha value is -1.47. The highest BCUT2D eigenvalue weighted by atomic mass is 32.2. The minimum Gasteiger partial charge on any atom is -0.364 e. The summed E-state index contributed by atoms with van der Waals surface area (Å²) in [6.07, 6.45) is 0. The first kappa shape index (κ1) is 9.62. The zero-order chi connectivity index (χ0) is 10.1. The van der Waals surface area contributed by atoms with E-state index >= 15 is 0 Å². The third-order valence-corrected chi connectivity index (χ3v) is 2.00. The first-order valence-electron chi connectivity index (χ1n) is 3.12. The Morgan fingerprint density at radius 1 is 1.54 bits per heavy atom. The quantitative estimate of drug-likeness (QED) is 0.612. The van der Waals surface area contributed by atoms with Crippen molar-refractivity contribution >= 4 is 15.9 Å². The third kappa shape index (κ3) is 2.23. The number of primary sulfonamides is 1. The summed E-state index contributed by atoms with van der Waals surface area (Å²) in [6.45, 7) is 0. The Bertz CT molecular complexity index is 440. The first-order valence-corrected chi connectivity index (χ1v) is 4.67. The van der Waals surface area contributed by atoms with E-state index < -0.39 is 21.0 Å². The van der Waals surface area contributed by atoms with Crippen LogP contribution in [-0.2, 0) is 10.0 Å². The molecule has 0 atom stereocenters. The van der Waals surface area contributed by atoms with Crippen molar-refractivity contribution in [2.75, 3.05) is 0 Å². The van der Waals surface area contributed by atoms with Crippen molar-refractivity contribution < 1.29 is 13.2 Å². The van der Waals surface area contributed by atoms with Gasteiger partial charge in [0.2, 0.25) is 0 Å². The predicted octanol–water partition coefficient (Wildman–Crippen LogP) is -1.37. The van der Waals surface area contributed by atoms with Gasteiger partial charge in [-0.3, -0.25) is 4.79 Å². The van der Waals surface area contributed by atoms with Crippen molar-refractivity contribution in [3.8, 4) is 0 Å². The van der Waals surface area contributed by atoms with Crippen LogP contribution in [-0.4, -0.2) is 19.3 Å². The average Bonchev–Trinajstić information content (AvgIpc) is 2.03. The number of carbonyl (C=O) groups excluding carboxylic acids is 1. The number of carbonyl (C=O) groups is 1. The lowest BCUT2D eigenvalue weighted by atomic mass is 10.3. The second-order valence-electron chi connectivity index (χ2n) is 2.19. The Labute approximate surface area is 74.6 Å². The van der Waals surface area contributed by atoms with Gasteiger partial charge in [-0.2, -0.15) is 0 Å². The smallest absolute Gasteiger partial charge is 0.267 e. The second-order valence-corrected chi connectivity index (χ2v) is 3.69. The van der Waals surface area contributed by atoms with E-state index in [1.807, 2.05) is 0 Å². The van der Waals surface area contributed by atoms with E-state index in [1.165, 1.54) is 6.07 Å². The molecule has 0 aliphatic carbocycles. The molecule has 0 bridgehead atoms. The first-order chi connectivity index (χ1) is 5.91. The van der Waals surface area contributed by atoms with Crippen molar-refractivity contribution in [1.82, 2.24) is 4.98 Å². The lowest BCUT2D eigenvalue weighted by Crippen LogP contribution is -2.18. The molecule has 0 aromatic carbocycles. The lowest BCUT2D eigenvalue weighted by molar-refractivity contribution is 0.0994. The molecule has 0 spiro atoms. The fourth-order valence-corrected chi connectivity index (χ4v) is 1.13. The molecule has 1 radical (unpaired) electrons. The molecule has 13 heavy (non-hydrogen) atoms. The van der Waals surface area contributed by atoms with Crippen LogP contribution in [0.4, 0.5) is 0 Å². The number of nitrogens with zero attached hydrogens (tertiary/aromatic N) is 1. The standard InChI is InChI=1S/C6H6N3O3S/c7-6(10)4-2-1-3-5(9-4)13(8,11)12/h1,3H,(H2,7,10)(H2,8,11,12). The number of aromatic nitrogens is 1. The largest absolute Gasteiger partial charge is 0.364 e. The summed E-state index contributed by atoms with van der Waals surface area (Å²) in [5, 5.41) is 4.37. The maximum Gasteiger partial charge on any atom is 0.267 e. The molecule has 0 aliphatic rings. The van der Waals surface area contributed by atoms with Crippen LogP contribution in [0.3, 0.4) is 0 Å². The van der Waals surface area contributed by atoms with Crippen molar-refractivity contribution in [2.45, 2.75) is 5.03 Å². The Morgan fingerprint density at radius 3 is 2.62 bits per heavy atom. The number of sulfonamides is 1. The molecule has 1 rings (SSSR count). The maximum absolute atomic E-state index is 10.8. The number of rotatable bonds is 2. The molecule has 69 valence electrons. The fourth-order valence-electron chi connectivity index (χ4n) is 0.656. The number of hydrogen-bond acceptors (Lipinski definition) is 4. The molecule has 1 aromatic rings. The van der Waals surface area contributed by atoms with Crippen LogP contribution in [0.2, 0.25) is 0 Å². The summed E-state index contributed by atoms with van der Waals surface area (Å²) in [4.78, 5) is 14.0. The lowest BCUT2D eigenvalue weighted by Gasteiger charge is -1.97. The SMILES string of the molecule is NC(=O)c1[c]ccc(S(N)(=O)=O)n1. The highest BCUT2D eigenvalue weighted by Crippen LogP contribution is 2.02. The highest BCUT2D eigenvalue weighted by molar-refractivity contribution is 7.89. The molecular formula is C6H6N3O3S. The van der Waals surface area contributed by atoms with Gasteiger partial charge >= 0.3 is 0 Å². The molecule has 7 heteroatoms. The van der Waals surface area contributed by atoms with Gasteiger partial charge < -0.3 is 5.73 Å².